The predicted molar refractivity (Wildman–Crippen MR) is 126 cm³/mol. The van der Waals surface area contributed by atoms with Crippen molar-refractivity contribution in [3.8, 4) is 16.9 Å². The summed E-state index contributed by atoms with van der Waals surface area (Å²) in [6.07, 6.45) is 0.932. The van der Waals surface area contributed by atoms with Gasteiger partial charge in [0, 0.05) is 33.7 Å². The maximum atomic E-state index is 13.1. The molecule has 31 heavy (non-hydrogen) atoms. The van der Waals surface area contributed by atoms with Crippen LogP contribution in [0, 0.1) is 6.92 Å². The number of piperidine rings is 1. The fourth-order valence-corrected chi connectivity index (χ4v) is 4.41. The monoisotopic (exact) mass is 522 g/mol. The van der Waals surface area contributed by atoms with Crippen LogP contribution < -0.4 is 5.43 Å². The number of aromatic nitrogens is 2. The number of benzene rings is 2. The lowest BCUT2D eigenvalue weighted by Gasteiger charge is -2.29. The van der Waals surface area contributed by atoms with Crippen LogP contribution in [0.3, 0.4) is 0 Å². The lowest BCUT2D eigenvalue weighted by molar-refractivity contribution is 0.0463. The van der Waals surface area contributed by atoms with Gasteiger partial charge in [0.05, 0.1) is 22.5 Å². The average Bonchev–Trinajstić information content (AvgIpc) is 3.07. The van der Waals surface area contributed by atoms with E-state index in [9.17, 15) is 9.90 Å². The van der Waals surface area contributed by atoms with E-state index in [1.807, 2.05) is 36.2 Å². The molecule has 1 aliphatic heterocycles. The van der Waals surface area contributed by atoms with Gasteiger partial charge in [-0.15, -0.1) is 0 Å². The van der Waals surface area contributed by atoms with Crippen LogP contribution in [0.2, 0.25) is 10.0 Å². The average molecular weight is 524 g/mol. The van der Waals surface area contributed by atoms with Gasteiger partial charge < -0.3 is 5.11 Å². The molecule has 0 radical (unpaired) electrons. The van der Waals surface area contributed by atoms with Gasteiger partial charge in [-0.25, -0.2) is 9.69 Å². The molecule has 1 fully saturated rings. The van der Waals surface area contributed by atoms with Crippen molar-refractivity contribution in [2.45, 2.75) is 25.9 Å². The number of rotatable bonds is 4. The first-order valence-electron chi connectivity index (χ1n) is 9.88. The van der Waals surface area contributed by atoms with Gasteiger partial charge in [-0.1, -0.05) is 51.3 Å². The molecule has 9 heteroatoms. The van der Waals surface area contributed by atoms with E-state index in [-0.39, 0.29) is 12.0 Å². The van der Waals surface area contributed by atoms with Gasteiger partial charge in [-0.2, -0.15) is 5.10 Å². The Bertz CT molecular complexity index is 1110. The summed E-state index contributed by atoms with van der Waals surface area (Å²) in [5.74, 6) is -0.295. The maximum absolute atomic E-state index is 13.1. The fourth-order valence-electron chi connectivity index (χ4n) is 3.66. The molecule has 3 aromatic rings. The van der Waals surface area contributed by atoms with E-state index < -0.39 is 0 Å². The first-order chi connectivity index (χ1) is 14.8. The third-order valence-electron chi connectivity index (χ3n) is 5.32. The molecular weight excluding hydrogens is 503 g/mol. The summed E-state index contributed by atoms with van der Waals surface area (Å²) in [4.78, 5) is 13.1. The lowest BCUT2D eigenvalue weighted by Crippen LogP contribution is -2.47. The minimum absolute atomic E-state index is 0.295. The van der Waals surface area contributed by atoms with Crippen molar-refractivity contribution in [3.05, 3.63) is 68.2 Å². The summed E-state index contributed by atoms with van der Waals surface area (Å²) >= 11 is 16.0. The Morgan fingerprint density at radius 1 is 1.16 bits per heavy atom. The highest BCUT2D eigenvalue weighted by molar-refractivity contribution is 9.10. The third-order valence-corrected chi connectivity index (χ3v) is 6.38. The number of hydrogen-bond acceptors (Lipinski definition) is 4. The third kappa shape index (κ3) is 4.81. The minimum atomic E-state index is -0.315. The zero-order valence-electron chi connectivity index (χ0n) is 16.8. The minimum Gasteiger partial charge on any atom is -0.393 e. The number of halogens is 3. The predicted octanol–water partition coefficient (Wildman–Crippen LogP) is 5.02. The second kappa shape index (κ2) is 9.30. The molecule has 0 spiro atoms. The molecular formula is C22H21BrCl2N4O2. The quantitative estimate of drug-likeness (QED) is 0.503. The van der Waals surface area contributed by atoms with Gasteiger partial charge in [-0.3, -0.25) is 10.2 Å². The van der Waals surface area contributed by atoms with Crippen molar-refractivity contribution in [3.63, 3.8) is 0 Å². The van der Waals surface area contributed by atoms with E-state index in [4.69, 9.17) is 23.2 Å². The zero-order chi connectivity index (χ0) is 22.1. The summed E-state index contributed by atoms with van der Waals surface area (Å²) in [5, 5.41) is 17.1. The topological polar surface area (TPSA) is 70.4 Å². The van der Waals surface area contributed by atoms with E-state index in [0.29, 0.717) is 47.4 Å². The molecule has 1 aliphatic rings. The first kappa shape index (κ1) is 22.3. The molecule has 2 N–H and O–H groups in total. The van der Waals surface area contributed by atoms with Crippen molar-refractivity contribution in [1.82, 2.24) is 20.2 Å². The van der Waals surface area contributed by atoms with Crippen LogP contribution in [0.15, 0.2) is 46.9 Å². The Balaban J connectivity index is 1.76. The Kier molecular flexibility index (Phi) is 6.69. The summed E-state index contributed by atoms with van der Waals surface area (Å²) in [6, 6.07) is 13.0. The largest absolute Gasteiger partial charge is 0.393 e. The van der Waals surface area contributed by atoms with Gasteiger partial charge in [-0.05, 0) is 50.1 Å². The molecule has 6 nitrogen and oxygen atoms in total. The molecule has 1 aromatic heterocycles. The van der Waals surface area contributed by atoms with E-state index in [1.165, 1.54) is 0 Å². The summed E-state index contributed by atoms with van der Waals surface area (Å²) < 4.78 is 2.64. The molecule has 0 bridgehead atoms. The van der Waals surface area contributed by atoms with Crippen LogP contribution in [0.4, 0.5) is 0 Å². The number of hydrogen-bond donors (Lipinski definition) is 2. The van der Waals surface area contributed by atoms with Crippen molar-refractivity contribution in [1.29, 1.82) is 0 Å². The van der Waals surface area contributed by atoms with E-state index in [2.05, 4.69) is 26.5 Å². The second-order valence-corrected chi connectivity index (χ2v) is 9.26. The molecule has 2 heterocycles. The second-order valence-electron chi connectivity index (χ2n) is 7.50. The van der Waals surface area contributed by atoms with Crippen LogP contribution in [0.1, 0.15) is 28.9 Å². The lowest BCUT2D eigenvalue weighted by atomic mass is 10.1. The van der Waals surface area contributed by atoms with Crippen LogP contribution in [0.5, 0.6) is 0 Å². The van der Waals surface area contributed by atoms with Crippen molar-refractivity contribution in [2.24, 2.45) is 0 Å². The zero-order valence-corrected chi connectivity index (χ0v) is 19.9. The molecule has 1 saturated heterocycles. The van der Waals surface area contributed by atoms with Gasteiger partial charge in [0.25, 0.3) is 5.91 Å². The van der Waals surface area contributed by atoms with Gasteiger partial charge in [0.2, 0.25) is 0 Å². The Morgan fingerprint density at radius 3 is 2.48 bits per heavy atom. The van der Waals surface area contributed by atoms with Crippen LogP contribution in [-0.2, 0) is 0 Å². The van der Waals surface area contributed by atoms with E-state index in [1.54, 1.807) is 22.9 Å². The standard InChI is InChI=1S/C22H21BrCl2N4O2/c1-13-20(22(31)27-28-10-8-17(30)9-11-28)26-29(19-7-6-16(24)12-18(19)25)21(13)14-2-4-15(23)5-3-14/h2-7,12,17,30H,8-11H2,1H3,(H,27,31). The number of carbonyl (C=O) groups is 1. The number of aliphatic hydroxyl groups is 1. The number of amides is 1. The number of carbonyl (C=O) groups excluding carboxylic acids is 1. The van der Waals surface area contributed by atoms with Crippen molar-refractivity contribution < 1.29 is 9.90 Å². The fraction of sp³-hybridized carbons (Fsp3) is 0.273. The Morgan fingerprint density at radius 2 is 1.84 bits per heavy atom. The summed E-state index contributed by atoms with van der Waals surface area (Å²) in [6.45, 7) is 3.06. The van der Waals surface area contributed by atoms with Crippen LogP contribution in [0.25, 0.3) is 16.9 Å². The highest BCUT2D eigenvalue weighted by Crippen LogP contribution is 2.33. The number of hydrazine groups is 1. The van der Waals surface area contributed by atoms with E-state index in [0.717, 1.165) is 21.3 Å². The van der Waals surface area contributed by atoms with Crippen molar-refractivity contribution >= 4 is 45.0 Å². The molecule has 4 rings (SSSR count). The normalized spacial score (nSPS) is 15.3. The number of nitrogens with zero attached hydrogens (tertiary/aromatic N) is 3. The summed E-state index contributed by atoms with van der Waals surface area (Å²) in [7, 11) is 0. The highest BCUT2D eigenvalue weighted by atomic mass is 79.9. The van der Waals surface area contributed by atoms with Crippen molar-refractivity contribution in [2.75, 3.05) is 13.1 Å². The molecule has 162 valence electrons. The smallest absolute Gasteiger partial charge is 0.286 e. The molecule has 0 saturated carbocycles. The molecule has 2 aromatic carbocycles. The Labute approximate surface area is 198 Å². The molecule has 1 amide bonds. The highest BCUT2D eigenvalue weighted by Gasteiger charge is 2.25. The number of nitrogens with one attached hydrogen (secondary N) is 1. The van der Waals surface area contributed by atoms with Crippen LogP contribution in [-0.4, -0.2) is 45.0 Å². The first-order valence-corrected chi connectivity index (χ1v) is 11.4. The number of aliphatic hydroxyl groups excluding tert-OH is 1. The molecule has 0 aliphatic carbocycles. The SMILES string of the molecule is Cc1c(C(=O)NN2CCC(O)CC2)nn(-c2ccc(Cl)cc2Cl)c1-c1ccc(Br)cc1. The maximum Gasteiger partial charge on any atom is 0.286 e. The Hall–Kier alpha value is -1.90. The van der Waals surface area contributed by atoms with E-state index >= 15 is 0 Å². The molecule has 0 atom stereocenters. The van der Waals surface area contributed by atoms with Gasteiger partial charge in [0.1, 0.15) is 0 Å². The summed E-state index contributed by atoms with van der Waals surface area (Å²) in [5.41, 5.74) is 6.28. The van der Waals surface area contributed by atoms with Gasteiger partial charge >= 0.3 is 0 Å². The molecule has 0 unspecified atom stereocenters. The van der Waals surface area contributed by atoms with Gasteiger partial charge in [0.15, 0.2) is 5.69 Å². The van der Waals surface area contributed by atoms with Crippen LogP contribution >= 0.6 is 39.1 Å².